The van der Waals surface area contributed by atoms with E-state index < -0.39 is 0 Å². The van der Waals surface area contributed by atoms with Crippen molar-refractivity contribution < 1.29 is 9.47 Å². The first-order valence-corrected chi connectivity index (χ1v) is 11.5. The number of unbranched alkanes of at least 4 members (excludes halogenated alkanes) is 1. The van der Waals surface area contributed by atoms with E-state index in [2.05, 4.69) is 21.7 Å². The number of methoxy groups -OCH3 is 2. The molecular weight excluding hydrogens is 390 g/mol. The number of benzene rings is 1. The van der Waals surface area contributed by atoms with Crippen LogP contribution in [0.4, 0.5) is 11.8 Å². The van der Waals surface area contributed by atoms with Crippen molar-refractivity contribution in [2.75, 3.05) is 57.2 Å². The third-order valence-corrected chi connectivity index (χ3v) is 6.31. The summed E-state index contributed by atoms with van der Waals surface area (Å²) >= 11 is 0. The van der Waals surface area contributed by atoms with E-state index in [1.54, 1.807) is 14.2 Å². The van der Waals surface area contributed by atoms with E-state index in [0.29, 0.717) is 17.5 Å². The van der Waals surface area contributed by atoms with Crippen molar-refractivity contribution in [3.63, 3.8) is 0 Å². The Balaban J connectivity index is 1.63. The Morgan fingerprint density at radius 3 is 2.61 bits per heavy atom. The Morgan fingerprint density at radius 2 is 1.87 bits per heavy atom. The molecule has 1 aromatic carbocycles. The number of hydrogen-bond donors (Lipinski definition) is 1. The zero-order valence-electron chi connectivity index (χ0n) is 18.9. The Hall–Kier alpha value is -2.54. The summed E-state index contributed by atoms with van der Waals surface area (Å²) < 4.78 is 11.1. The first kappa shape index (κ1) is 21.7. The van der Waals surface area contributed by atoms with E-state index in [-0.39, 0.29) is 0 Å². The molecule has 31 heavy (non-hydrogen) atoms. The summed E-state index contributed by atoms with van der Waals surface area (Å²) in [7, 11) is 3.33. The number of anilines is 2. The van der Waals surface area contributed by atoms with Gasteiger partial charge in [-0.3, -0.25) is 0 Å². The topological polar surface area (TPSA) is 62.8 Å². The number of rotatable bonds is 9. The molecule has 0 saturated carbocycles. The number of ether oxygens (including phenoxy) is 2. The molecule has 1 N–H and O–H groups in total. The van der Waals surface area contributed by atoms with E-state index >= 15 is 0 Å². The van der Waals surface area contributed by atoms with Gasteiger partial charge in [-0.15, -0.1) is 6.58 Å². The molecule has 0 aliphatic carbocycles. The fourth-order valence-electron chi connectivity index (χ4n) is 4.64. The monoisotopic (exact) mass is 425 g/mol. The summed E-state index contributed by atoms with van der Waals surface area (Å²) in [4.78, 5) is 14.7. The van der Waals surface area contributed by atoms with Crippen LogP contribution in [0.1, 0.15) is 38.5 Å². The molecule has 0 bridgehead atoms. The number of likely N-dealkylation sites (tertiary alicyclic amines) is 1. The lowest BCUT2D eigenvalue weighted by Gasteiger charge is -2.33. The van der Waals surface area contributed by atoms with Crippen LogP contribution in [0.25, 0.3) is 10.9 Å². The second-order valence-corrected chi connectivity index (χ2v) is 8.51. The Morgan fingerprint density at radius 1 is 1.10 bits per heavy atom. The number of nitrogens with zero attached hydrogens (tertiary/aromatic N) is 4. The fourth-order valence-corrected chi connectivity index (χ4v) is 4.64. The summed E-state index contributed by atoms with van der Waals surface area (Å²) in [5.74, 6) is 3.09. The average molecular weight is 426 g/mol. The Bertz CT molecular complexity index is 897. The lowest BCUT2D eigenvalue weighted by molar-refractivity contribution is 0.214. The quantitative estimate of drug-likeness (QED) is 0.479. The van der Waals surface area contributed by atoms with Crippen LogP contribution in [-0.4, -0.2) is 67.9 Å². The SMILES string of the molecule is C=CCCCN1CCC[C@H](Nc2nc(N3CCCC3)nc3cc(OC)c(OC)cc23)C1. The molecule has 168 valence electrons. The molecule has 2 saturated heterocycles. The van der Waals surface area contributed by atoms with Crippen LogP contribution in [0, 0.1) is 0 Å². The number of aromatic nitrogens is 2. The van der Waals surface area contributed by atoms with E-state index in [0.717, 1.165) is 61.7 Å². The second-order valence-electron chi connectivity index (χ2n) is 8.51. The molecule has 2 aromatic rings. The highest BCUT2D eigenvalue weighted by atomic mass is 16.5. The molecule has 0 amide bonds. The first-order valence-electron chi connectivity index (χ1n) is 11.5. The highest BCUT2D eigenvalue weighted by Crippen LogP contribution is 2.36. The van der Waals surface area contributed by atoms with Crippen LogP contribution >= 0.6 is 0 Å². The van der Waals surface area contributed by atoms with Gasteiger partial charge >= 0.3 is 0 Å². The van der Waals surface area contributed by atoms with Gasteiger partial charge in [0.2, 0.25) is 5.95 Å². The second kappa shape index (κ2) is 10.2. The maximum Gasteiger partial charge on any atom is 0.227 e. The summed E-state index contributed by atoms with van der Waals surface area (Å²) in [6.07, 6.45) is 8.99. The van der Waals surface area contributed by atoms with Gasteiger partial charge in [0.05, 0.1) is 19.7 Å². The largest absolute Gasteiger partial charge is 0.493 e. The van der Waals surface area contributed by atoms with Gasteiger partial charge in [-0.25, -0.2) is 4.98 Å². The summed E-state index contributed by atoms with van der Waals surface area (Å²) in [5, 5.41) is 4.74. The molecule has 0 unspecified atom stereocenters. The molecule has 1 aromatic heterocycles. The van der Waals surface area contributed by atoms with Crippen molar-refractivity contribution >= 4 is 22.7 Å². The van der Waals surface area contributed by atoms with Gasteiger partial charge in [-0.1, -0.05) is 6.08 Å². The molecular formula is C24H35N5O2. The van der Waals surface area contributed by atoms with Gasteiger partial charge in [0.1, 0.15) is 5.82 Å². The summed E-state index contributed by atoms with van der Waals surface area (Å²) in [6, 6.07) is 4.33. The minimum absolute atomic E-state index is 0.370. The molecule has 7 heteroatoms. The summed E-state index contributed by atoms with van der Waals surface area (Å²) in [5.41, 5.74) is 0.885. The van der Waals surface area contributed by atoms with E-state index in [1.165, 1.54) is 32.2 Å². The highest BCUT2D eigenvalue weighted by Gasteiger charge is 2.23. The number of hydrogen-bond acceptors (Lipinski definition) is 7. The number of fused-ring (bicyclic) bond motifs is 1. The van der Waals surface area contributed by atoms with Gasteiger partial charge in [0, 0.05) is 37.1 Å². The third kappa shape index (κ3) is 5.03. The molecule has 2 aliphatic rings. The summed E-state index contributed by atoms with van der Waals surface area (Å²) in [6.45, 7) is 9.20. The van der Waals surface area contributed by atoms with E-state index in [1.807, 2.05) is 18.2 Å². The number of piperidine rings is 1. The maximum absolute atomic E-state index is 5.56. The molecule has 1 atom stereocenters. The molecule has 7 nitrogen and oxygen atoms in total. The van der Waals surface area contributed by atoms with Crippen molar-refractivity contribution in [3.8, 4) is 11.5 Å². The Kier molecular flexibility index (Phi) is 7.12. The van der Waals surface area contributed by atoms with E-state index in [9.17, 15) is 0 Å². The van der Waals surface area contributed by atoms with Crippen LogP contribution in [0.2, 0.25) is 0 Å². The normalized spacial score (nSPS) is 19.5. The van der Waals surface area contributed by atoms with Gasteiger partial charge < -0.3 is 24.6 Å². The van der Waals surface area contributed by atoms with Crippen LogP contribution < -0.4 is 19.7 Å². The van der Waals surface area contributed by atoms with Crippen LogP contribution in [-0.2, 0) is 0 Å². The van der Waals surface area contributed by atoms with Gasteiger partial charge in [0.25, 0.3) is 0 Å². The highest BCUT2D eigenvalue weighted by molar-refractivity contribution is 5.93. The lowest BCUT2D eigenvalue weighted by Crippen LogP contribution is -2.42. The molecule has 2 fully saturated rings. The molecule has 3 heterocycles. The van der Waals surface area contributed by atoms with Crippen molar-refractivity contribution in [2.24, 2.45) is 0 Å². The predicted octanol–water partition coefficient (Wildman–Crippen LogP) is 4.09. The maximum atomic E-state index is 5.56. The smallest absolute Gasteiger partial charge is 0.227 e. The number of nitrogens with one attached hydrogen (secondary N) is 1. The van der Waals surface area contributed by atoms with Gasteiger partial charge in [0.15, 0.2) is 11.5 Å². The number of allylic oxidation sites excluding steroid dienone is 1. The predicted molar refractivity (Wildman–Crippen MR) is 127 cm³/mol. The third-order valence-electron chi connectivity index (χ3n) is 6.31. The average Bonchev–Trinajstić information content (AvgIpc) is 3.33. The standard InChI is InChI=1S/C24H35N5O2/c1-4-5-6-11-28-12-9-10-18(17-28)25-23-19-15-21(30-2)22(31-3)16-20(19)26-24(27-23)29-13-7-8-14-29/h4,15-16,18H,1,5-14,17H2,2-3H3,(H,25,26,27)/t18-/m0/s1. The fraction of sp³-hybridized carbons (Fsp3) is 0.583. The van der Waals surface area contributed by atoms with E-state index in [4.69, 9.17) is 19.4 Å². The zero-order valence-corrected chi connectivity index (χ0v) is 18.9. The van der Waals surface area contributed by atoms with Crippen molar-refractivity contribution in [3.05, 3.63) is 24.8 Å². The van der Waals surface area contributed by atoms with Crippen LogP contribution in [0.15, 0.2) is 24.8 Å². The minimum Gasteiger partial charge on any atom is -0.493 e. The molecule has 0 radical (unpaired) electrons. The van der Waals surface area contributed by atoms with Gasteiger partial charge in [-0.05, 0) is 57.7 Å². The minimum atomic E-state index is 0.370. The zero-order chi connectivity index (χ0) is 21.6. The van der Waals surface area contributed by atoms with Crippen LogP contribution in [0.3, 0.4) is 0 Å². The van der Waals surface area contributed by atoms with Crippen molar-refractivity contribution in [1.29, 1.82) is 0 Å². The molecule has 0 spiro atoms. The first-order chi connectivity index (χ1) is 15.2. The van der Waals surface area contributed by atoms with Crippen LogP contribution in [0.5, 0.6) is 11.5 Å². The lowest BCUT2D eigenvalue weighted by atomic mass is 10.0. The molecule has 4 rings (SSSR count). The van der Waals surface area contributed by atoms with Crippen molar-refractivity contribution in [1.82, 2.24) is 14.9 Å². The molecule has 2 aliphatic heterocycles. The Labute approximate surface area is 185 Å². The van der Waals surface area contributed by atoms with Gasteiger partial charge in [-0.2, -0.15) is 4.98 Å². The van der Waals surface area contributed by atoms with Crippen molar-refractivity contribution in [2.45, 2.75) is 44.6 Å².